The van der Waals surface area contributed by atoms with E-state index >= 15 is 0 Å². The minimum Gasteiger partial charge on any atom is -0.481 e. The summed E-state index contributed by atoms with van der Waals surface area (Å²) in [4.78, 5) is 11.2. The minimum absolute atomic E-state index is 0.0520. The van der Waals surface area contributed by atoms with Crippen molar-refractivity contribution in [3.05, 3.63) is 65.2 Å². The molecule has 2 aromatic carbocycles. The van der Waals surface area contributed by atoms with Crippen LogP contribution in [0.3, 0.4) is 0 Å². The van der Waals surface area contributed by atoms with Crippen molar-refractivity contribution in [2.24, 2.45) is 5.73 Å². The lowest BCUT2D eigenvalue weighted by molar-refractivity contribution is -0.137. The maximum absolute atomic E-state index is 12.6. The lowest BCUT2D eigenvalue weighted by atomic mass is 10.0. The van der Waals surface area contributed by atoms with Gasteiger partial charge in [-0.2, -0.15) is 0 Å². The summed E-state index contributed by atoms with van der Waals surface area (Å²) in [5.74, 6) is -1.33. The number of nitrogens with one attached hydrogen (secondary N) is 2. The molecule has 5 N–H and O–H groups in total. The topological polar surface area (TPSA) is 133 Å². The molecular weight excluding hydrogens is 342 g/mol. The van der Waals surface area contributed by atoms with E-state index in [1.165, 1.54) is 18.2 Å². The first-order valence-corrected chi connectivity index (χ1v) is 8.92. The zero-order chi connectivity index (χ0) is 18.6. The van der Waals surface area contributed by atoms with Gasteiger partial charge < -0.3 is 10.8 Å². The third kappa shape index (κ3) is 4.88. The molecule has 1 unspecified atom stereocenters. The third-order valence-electron chi connectivity index (χ3n) is 3.61. The molecule has 8 heteroatoms. The van der Waals surface area contributed by atoms with Gasteiger partial charge in [0.05, 0.1) is 17.4 Å². The monoisotopic (exact) mass is 361 g/mol. The van der Waals surface area contributed by atoms with Crippen molar-refractivity contribution < 1.29 is 18.3 Å². The number of sulfonamides is 1. The maximum atomic E-state index is 12.6. The number of aryl methyl sites for hydroxylation is 1. The largest absolute Gasteiger partial charge is 0.481 e. The fourth-order valence-electron chi connectivity index (χ4n) is 2.30. The van der Waals surface area contributed by atoms with E-state index in [0.717, 1.165) is 5.56 Å². The number of carboxylic acids is 1. The van der Waals surface area contributed by atoms with E-state index in [4.69, 9.17) is 16.2 Å². The van der Waals surface area contributed by atoms with Crippen LogP contribution in [0.1, 0.15) is 29.2 Å². The van der Waals surface area contributed by atoms with Gasteiger partial charge in [-0.3, -0.25) is 10.2 Å². The predicted molar refractivity (Wildman–Crippen MR) is 94.0 cm³/mol. The smallest absolute Gasteiger partial charge is 0.305 e. The van der Waals surface area contributed by atoms with Crippen LogP contribution >= 0.6 is 0 Å². The molecule has 0 spiro atoms. The van der Waals surface area contributed by atoms with Crippen LogP contribution in [0.4, 0.5) is 0 Å². The first kappa shape index (κ1) is 18.6. The predicted octanol–water partition coefficient (Wildman–Crippen LogP) is 1.77. The molecule has 0 aliphatic carbocycles. The molecule has 0 heterocycles. The van der Waals surface area contributed by atoms with Gasteiger partial charge in [0.2, 0.25) is 10.0 Å². The second-order valence-corrected chi connectivity index (χ2v) is 7.34. The van der Waals surface area contributed by atoms with E-state index < -0.39 is 28.5 Å². The fourth-order valence-corrected chi connectivity index (χ4v) is 3.52. The lowest BCUT2D eigenvalue weighted by Crippen LogP contribution is -2.30. The Morgan fingerprint density at radius 3 is 2.44 bits per heavy atom. The Kier molecular flexibility index (Phi) is 5.55. The standard InChI is InChI=1S/C17H19N3O4S/c1-11-5-7-14(8-6-11)25(23,24)20-15(10-16(21)22)12-3-2-4-13(9-12)17(18)19/h2-9,15,20H,10H2,1H3,(H3,18,19)(H,21,22). The third-order valence-corrected chi connectivity index (χ3v) is 5.10. The highest BCUT2D eigenvalue weighted by Gasteiger charge is 2.24. The summed E-state index contributed by atoms with van der Waals surface area (Å²) in [5.41, 5.74) is 7.17. The highest BCUT2D eigenvalue weighted by Crippen LogP contribution is 2.22. The Balaban J connectivity index is 2.38. The first-order chi connectivity index (χ1) is 11.7. The van der Waals surface area contributed by atoms with Gasteiger partial charge in [0.25, 0.3) is 0 Å². The van der Waals surface area contributed by atoms with Gasteiger partial charge in [0.1, 0.15) is 5.84 Å². The van der Waals surface area contributed by atoms with Crippen LogP contribution in [0.5, 0.6) is 0 Å². The number of nitrogen functional groups attached to an aromatic ring is 1. The molecule has 2 rings (SSSR count). The molecule has 0 aliphatic heterocycles. The second kappa shape index (κ2) is 7.45. The molecule has 0 bridgehead atoms. The van der Waals surface area contributed by atoms with Crippen LogP contribution in [-0.2, 0) is 14.8 Å². The number of carbonyl (C=O) groups is 1. The van der Waals surface area contributed by atoms with Crippen molar-refractivity contribution in [3.8, 4) is 0 Å². The summed E-state index contributed by atoms with van der Waals surface area (Å²) in [5, 5.41) is 16.6. The van der Waals surface area contributed by atoms with Gasteiger partial charge in [0.15, 0.2) is 0 Å². The number of aliphatic carboxylic acids is 1. The SMILES string of the molecule is Cc1ccc(S(=O)(=O)NC(CC(=O)O)c2cccc(C(=N)N)c2)cc1. The zero-order valence-corrected chi connectivity index (χ0v) is 14.4. The Hall–Kier alpha value is -2.71. The van der Waals surface area contributed by atoms with Crippen LogP contribution in [-0.4, -0.2) is 25.3 Å². The molecule has 0 aliphatic rings. The highest BCUT2D eigenvalue weighted by molar-refractivity contribution is 7.89. The normalized spacial score (nSPS) is 12.5. The molecule has 0 radical (unpaired) electrons. The molecule has 0 amide bonds. The van der Waals surface area contributed by atoms with Crippen molar-refractivity contribution in [2.45, 2.75) is 24.3 Å². The Morgan fingerprint density at radius 2 is 1.88 bits per heavy atom. The van der Waals surface area contributed by atoms with Crippen molar-refractivity contribution in [3.63, 3.8) is 0 Å². The number of hydrogen-bond donors (Lipinski definition) is 4. The summed E-state index contributed by atoms with van der Waals surface area (Å²) in [7, 11) is -3.90. The van der Waals surface area contributed by atoms with Crippen LogP contribution in [0.15, 0.2) is 53.4 Å². The summed E-state index contributed by atoms with van der Waals surface area (Å²) < 4.78 is 27.5. The van der Waals surface area contributed by atoms with Gasteiger partial charge >= 0.3 is 5.97 Å². The Morgan fingerprint density at radius 1 is 1.24 bits per heavy atom. The summed E-state index contributed by atoms with van der Waals surface area (Å²) in [6.45, 7) is 1.84. The zero-order valence-electron chi connectivity index (χ0n) is 13.6. The second-order valence-electron chi connectivity index (χ2n) is 5.62. The van der Waals surface area contributed by atoms with Crippen molar-refractivity contribution in [1.29, 1.82) is 5.41 Å². The van der Waals surface area contributed by atoms with Crippen LogP contribution < -0.4 is 10.5 Å². The number of nitrogens with two attached hydrogens (primary N) is 1. The van der Waals surface area contributed by atoms with Gasteiger partial charge in [0, 0.05) is 5.56 Å². The fraction of sp³-hybridized carbons (Fsp3) is 0.176. The Bertz CT molecular complexity index is 892. The van der Waals surface area contributed by atoms with E-state index in [2.05, 4.69) is 4.72 Å². The van der Waals surface area contributed by atoms with Crippen LogP contribution in [0, 0.1) is 12.3 Å². The van der Waals surface area contributed by atoms with Gasteiger partial charge in [-0.15, -0.1) is 0 Å². The molecule has 7 nitrogen and oxygen atoms in total. The minimum atomic E-state index is -3.90. The van der Waals surface area contributed by atoms with Gasteiger partial charge in [-0.1, -0.05) is 35.9 Å². The van der Waals surface area contributed by atoms with Crippen LogP contribution in [0.25, 0.3) is 0 Å². The number of amidine groups is 1. The number of carboxylic acid groups (broad SMARTS) is 1. The van der Waals surface area contributed by atoms with Crippen LogP contribution in [0.2, 0.25) is 0 Å². The molecule has 2 aromatic rings. The molecule has 132 valence electrons. The molecule has 0 saturated heterocycles. The van der Waals surface area contributed by atoms with E-state index in [0.29, 0.717) is 11.1 Å². The maximum Gasteiger partial charge on any atom is 0.305 e. The molecule has 0 fully saturated rings. The summed E-state index contributed by atoms with van der Waals surface area (Å²) in [6.07, 6.45) is -0.438. The Labute approximate surface area is 146 Å². The molecule has 25 heavy (non-hydrogen) atoms. The van der Waals surface area contributed by atoms with E-state index in [9.17, 15) is 13.2 Å². The molecule has 1 atom stereocenters. The number of benzene rings is 2. The van der Waals surface area contributed by atoms with E-state index in [1.54, 1.807) is 30.3 Å². The van der Waals surface area contributed by atoms with Crippen molar-refractivity contribution >= 4 is 21.8 Å². The molecule has 0 aromatic heterocycles. The van der Waals surface area contributed by atoms with Gasteiger partial charge in [-0.25, -0.2) is 13.1 Å². The first-order valence-electron chi connectivity index (χ1n) is 7.44. The number of rotatable bonds is 7. The van der Waals surface area contributed by atoms with Crippen molar-refractivity contribution in [1.82, 2.24) is 4.72 Å². The van der Waals surface area contributed by atoms with E-state index in [-0.39, 0.29) is 10.7 Å². The highest BCUT2D eigenvalue weighted by atomic mass is 32.2. The van der Waals surface area contributed by atoms with Gasteiger partial charge in [-0.05, 0) is 30.7 Å². The quantitative estimate of drug-likeness (QED) is 0.440. The number of hydrogen-bond acceptors (Lipinski definition) is 4. The average molecular weight is 361 g/mol. The van der Waals surface area contributed by atoms with Crippen molar-refractivity contribution in [2.75, 3.05) is 0 Å². The van der Waals surface area contributed by atoms with E-state index in [1.807, 2.05) is 6.92 Å². The summed E-state index contributed by atoms with van der Waals surface area (Å²) in [6, 6.07) is 11.6. The average Bonchev–Trinajstić information content (AvgIpc) is 2.54. The lowest BCUT2D eigenvalue weighted by Gasteiger charge is -2.18. The molecule has 0 saturated carbocycles. The summed E-state index contributed by atoms with van der Waals surface area (Å²) >= 11 is 0. The molecular formula is C17H19N3O4S.